The van der Waals surface area contributed by atoms with Gasteiger partial charge in [-0.1, -0.05) is 43.7 Å². The molecule has 96 valence electrons. The quantitative estimate of drug-likeness (QED) is 0.773. The Bertz CT molecular complexity index is 696. The van der Waals surface area contributed by atoms with E-state index in [2.05, 4.69) is 36.2 Å². The molecule has 0 atom stereocenters. The normalized spacial score (nSPS) is 11.0. The molecule has 0 radical (unpaired) electrons. The van der Waals surface area contributed by atoms with Crippen LogP contribution in [0.2, 0.25) is 0 Å². The predicted molar refractivity (Wildman–Crippen MR) is 79.0 cm³/mol. The highest BCUT2D eigenvalue weighted by molar-refractivity contribution is 5.74. The van der Waals surface area contributed by atoms with E-state index >= 15 is 0 Å². The summed E-state index contributed by atoms with van der Waals surface area (Å²) < 4.78 is 1.91. The zero-order chi connectivity index (χ0) is 13.2. The van der Waals surface area contributed by atoms with Crippen molar-refractivity contribution in [1.82, 2.24) is 9.38 Å². The van der Waals surface area contributed by atoms with Crippen molar-refractivity contribution in [2.24, 2.45) is 0 Å². The van der Waals surface area contributed by atoms with Gasteiger partial charge in [-0.25, -0.2) is 4.98 Å². The van der Waals surface area contributed by atoms with Gasteiger partial charge in [-0.3, -0.25) is 4.40 Å². The lowest BCUT2D eigenvalue weighted by Crippen LogP contribution is -1.93. The molecule has 3 rings (SSSR count). The van der Waals surface area contributed by atoms with Crippen molar-refractivity contribution in [3.05, 3.63) is 54.2 Å². The highest BCUT2D eigenvalue weighted by Gasteiger charge is 2.10. The molecule has 2 N–H and O–H groups in total. The standard InChI is InChI=1S/C16H17N3/c1-2-5-12-7-9-13(10-8-12)15-16(17)19-11-4-3-6-14(19)18-15/h3-4,6-11H,2,5,17H2,1H3. The van der Waals surface area contributed by atoms with Crippen LogP contribution in [0.25, 0.3) is 16.9 Å². The van der Waals surface area contributed by atoms with E-state index in [0.29, 0.717) is 5.82 Å². The molecule has 0 spiro atoms. The van der Waals surface area contributed by atoms with Crippen LogP contribution in [0.15, 0.2) is 48.7 Å². The van der Waals surface area contributed by atoms with E-state index in [1.54, 1.807) is 0 Å². The summed E-state index contributed by atoms with van der Waals surface area (Å²) in [6.45, 7) is 2.19. The average Bonchev–Trinajstić information content (AvgIpc) is 2.78. The molecule has 3 aromatic rings. The van der Waals surface area contributed by atoms with Crippen LogP contribution in [0.3, 0.4) is 0 Å². The van der Waals surface area contributed by atoms with Crippen LogP contribution in [0.1, 0.15) is 18.9 Å². The molecule has 0 bridgehead atoms. The lowest BCUT2D eigenvalue weighted by molar-refractivity contribution is 0.922. The first-order chi connectivity index (χ1) is 9.29. The largest absolute Gasteiger partial charge is 0.383 e. The summed E-state index contributed by atoms with van der Waals surface area (Å²) in [4.78, 5) is 4.60. The van der Waals surface area contributed by atoms with Gasteiger partial charge in [0.25, 0.3) is 0 Å². The number of benzene rings is 1. The lowest BCUT2D eigenvalue weighted by Gasteiger charge is -2.02. The molecule has 2 heterocycles. The molecule has 0 aliphatic heterocycles. The monoisotopic (exact) mass is 251 g/mol. The second-order valence-electron chi connectivity index (χ2n) is 4.72. The minimum absolute atomic E-state index is 0.693. The Morgan fingerprint density at radius 3 is 2.58 bits per heavy atom. The predicted octanol–water partition coefficient (Wildman–Crippen LogP) is 3.54. The van der Waals surface area contributed by atoms with Gasteiger partial charge >= 0.3 is 0 Å². The van der Waals surface area contributed by atoms with Crippen LogP contribution in [0.5, 0.6) is 0 Å². The number of hydrogen-bond acceptors (Lipinski definition) is 2. The summed E-state index contributed by atoms with van der Waals surface area (Å²) in [5.74, 6) is 0.693. The Kier molecular flexibility index (Phi) is 2.95. The molecule has 19 heavy (non-hydrogen) atoms. The van der Waals surface area contributed by atoms with E-state index in [9.17, 15) is 0 Å². The van der Waals surface area contributed by atoms with Gasteiger partial charge in [-0.15, -0.1) is 0 Å². The topological polar surface area (TPSA) is 43.3 Å². The third kappa shape index (κ3) is 2.08. The maximum absolute atomic E-state index is 6.17. The Morgan fingerprint density at radius 1 is 1.11 bits per heavy atom. The van der Waals surface area contributed by atoms with E-state index in [1.807, 2.05) is 28.8 Å². The van der Waals surface area contributed by atoms with Gasteiger partial charge in [0.2, 0.25) is 0 Å². The van der Waals surface area contributed by atoms with Crippen LogP contribution < -0.4 is 5.73 Å². The Labute approximate surface area is 112 Å². The number of nitrogens with zero attached hydrogens (tertiary/aromatic N) is 2. The lowest BCUT2D eigenvalue weighted by atomic mass is 10.1. The highest BCUT2D eigenvalue weighted by Crippen LogP contribution is 2.26. The van der Waals surface area contributed by atoms with Crippen LogP contribution >= 0.6 is 0 Å². The summed E-state index contributed by atoms with van der Waals surface area (Å²) in [7, 11) is 0. The number of rotatable bonds is 3. The number of nitrogens with two attached hydrogens (primary N) is 1. The number of hydrogen-bond donors (Lipinski definition) is 1. The second kappa shape index (κ2) is 4.76. The SMILES string of the molecule is CCCc1ccc(-c2nc3ccccn3c2N)cc1. The minimum Gasteiger partial charge on any atom is -0.383 e. The molecule has 0 fully saturated rings. The molecule has 3 nitrogen and oxygen atoms in total. The van der Waals surface area contributed by atoms with Crippen molar-refractivity contribution < 1.29 is 0 Å². The molecule has 1 aromatic carbocycles. The summed E-state index contributed by atoms with van der Waals surface area (Å²) in [6, 6.07) is 14.4. The zero-order valence-corrected chi connectivity index (χ0v) is 11.0. The molecular weight excluding hydrogens is 234 g/mol. The Morgan fingerprint density at radius 2 is 1.89 bits per heavy atom. The van der Waals surface area contributed by atoms with Gasteiger partial charge in [0.15, 0.2) is 0 Å². The number of aryl methyl sites for hydroxylation is 1. The summed E-state index contributed by atoms with van der Waals surface area (Å²) in [5, 5.41) is 0. The van der Waals surface area contributed by atoms with E-state index in [4.69, 9.17) is 5.73 Å². The zero-order valence-electron chi connectivity index (χ0n) is 11.0. The number of imidazole rings is 1. The van der Waals surface area contributed by atoms with Crippen molar-refractivity contribution in [2.45, 2.75) is 19.8 Å². The van der Waals surface area contributed by atoms with Crippen LogP contribution in [0, 0.1) is 0 Å². The number of aromatic nitrogens is 2. The Hall–Kier alpha value is -2.29. The maximum Gasteiger partial charge on any atom is 0.139 e. The molecular formula is C16H17N3. The molecule has 0 unspecified atom stereocenters. The van der Waals surface area contributed by atoms with Crippen LogP contribution in [0.4, 0.5) is 5.82 Å². The number of anilines is 1. The van der Waals surface area contributed by atoms with Gasteiger partial charge in [0.05, 0.1) is 0 Å². The van der Waals surface area contributed by atoms with Gasteiger partial charge in [-0.05, 0) is 24.1 Å². The molecule has 0 aliphatic carbocycles. The minimum atomic E-state index is 0.693. The fourth-order valence-corrected chi connectivity index (χ4v) is 2.35. The number of fused-ring (bicyclic) bond motifs is 1. The fraction of sp³-hybridized carbons (Fsp3) is 0.188. The fourth-order valence-electron chi connectivity index (χ4n) is 2.35. The van der Waals surface area contributed by atoms with E-state index in [0.717, 1.165) is 29.7 Å². The molecule has 3 heteroatoms. The van der Waals surface area contributed by atoms with Crippen molar-refractivity contribution in [2.75, 3.05) is 5.73 Å². The second-order valence-corrected chi connectivity index (χ2v) is 4.72. The van der Waals surface area contributed by atoms with E-state index < -0.39 is 0 Å². The van der Waals surface area contributed by atoms with Crippen molar-refractivity contribution >= 4 is 11.5 Å². The Balaban J connectivity index is 2.06. The smallest absolute Gasteiger partial charge is 0.139 e. The third-order valence-electron chi connectivity index (χ3n) is 3.33. The van der Waals surface area contributed by atoms with Gasteiger partial charge in [0.1, 0.15) is 17.2 Å². The molecule has 0 saturated heterocycles. The summed E-state index contributed by atoms with van der Waals surface area (Å²) in [6.07, 6.45) is 4.21. The van der Waals surface area contributed by atoms with E-state index in [-0.39, 0.29) is 0 Å². The summed E-state index contributed by atoms with van der Waals surface area (Å²) >= 11 is 0. The third-order valence-corrected chi connectivity index (χ3v) is 3.33. The van der Waals surface area contributed by atoms with E-state index in [1.165, 1.54) is 5.56 Å². The van der Waals surface area contributed by atoms with Gasteiger partial charge in [0, 0.05) is 11.8 Å². The number of nitrogen functional groups attached to an aromatic ring is 1. The van der Waals surface area contributed by atoms with Gasteiger partial charge in [-0.2, -0.15) is 0 Å². The summed E-state index contributed by atoms with van der Waals surface area (Å²) in [5.41, 5.74) is 10.3. The molecule has 0 amide bonds. The van der Waals surface area contributed by atoms with Gasteiger partial charge < -0.3 is 5.73 Å². The maximum atomic E-state index is 6.17. The first kappa shape index (κ1) is 11.8. The van der Waals surface area contributed by atoms with Crippen molar-refractivity contribution in [3.63, 3.8) is 0 Å². The molecule has 0 aliphatic rings. The van der Waals surface area contributed by atoms with Crippen molar-refractivity contribution in [3.8, 4) is 11.3 Å². The van der Waals surface area contributed by atoms with Crippen LogP contribution in [-0.4, -0.2) is 9.38 Å². The first-order valence-corrected chi connectivity index (χ1v) is 6.61. The average molecular weight is 251 g/mol. The number of pyridine rings is 1. The van der Waals surface area contributed by atoms with Crippen LogP contribution in [-0.2, 0) is 6.42 Å². The highest BCUT2D eigenvalue weighted by atomic mass is 15.1. The first-order valence-electron chi connectivity index (χ1n) is 6.61. The molecule has 2 aromatic heterocycles. The van der Waals surface area contributed by atoms with Crippen molar-refractivity contribution in [1.29, 1.82) is 0 Å². The molecule has 0 saturated carbocycles.